The van der Waals surface area contributed by atoms with E-state index in [1.54, 1.807) is 38.2 Å². The third kappa shape index (κ3) is 5.47. The Hall–Kier alpha value is -2.05. The molecule has 2 aromatic carbocycles. The predicted octanol–water partition coefficient (Wildman–Crippen LogP) is 3.77. The number of halogens is 1. The first-order chi connectivity index (χ1) is 12.5. The van der Waals surface area contributed by atoms with Crippen LogP contribution in [-0.4, -0.2) is 38.6 Å². The van der Waals surface area contributed by atoms with Crippen LogP contribution in [-0.2, 0) is 21.4 Å². The van der Waals surface area contributed by atoms with Gasteiger partial charge >= 0.3 is 0 Å². The molecule has 0 saturated heterocycles. The molecule has 0 radical (unpaired) electrons. The van der Waals surface area contributed by atoms with Gasteiger partial charge < -0.3 is 4.90 Å². The van der Waals surface area contributed by atoms with Gasteiger partial charge in [0, 0.05) is 18.6 Å². The van der Waals surface area contributed by atoms with Crippen LogP contribution in [0.1, 0.15) is 23.6 Å². The van der Waals surface area contributed by atoms with Crippen LogP contribution < -0.4 is 4.31 Å². The van der Waals surface area contributed by atoms with Crippen molar-refractivity contribution >= 4 is 33.2 Å². The molecule has 146 valence electrons. The summed E-state index contributed by atoms with van der Waals surface area (Å²) in [4.78, 5) is 14.5. The number of carbonyl (C=O) groups excluding carboxylic acids is 1. The zero-order valence-corrected chi connectivity index (χ0v) is 17.8. The van der Waals surface area contributed by atoms with Gasteiger partial charge in [-0.1, -0.05) is 29.8 Å². The van der Waals surface area contributed by atoms with E-state index in [0.717, 1.165) is 22.9 Å². The molecule has 1 atom stereocenters. The Morgan fingerprint density at radius 2 is 1.59 bits per heavy atom. The molecule has 0 aliphatic rings. The highest BCUT2D eigenvalue weighted by molar-refractivity contribution is 7.92. The van der Waals surface area contributed by atoms with Gasteiger partial charge in [-0.05, 0) is 61.7 Å². The maximum Gasteiger partial charge on any atom is 0.246 e. The van der Waals surface area contributed by atoms with E-state index in [4.69, 9.17) is 11.6 Å². The Morgan fingerprint density at radius 1 is 1.07 bits per heavy atom. The number of hydrogen-bond acceptors (Lipinski definition) is 3. The zero-order valence-electron chi connectivity index (χ0n) is 16.2. The SMILES string of the molecule is Cc1cc(C)cc(N([C@@H](C)C(=O)N(C)Cc2ccc(Cl)cc2)S(C)(=O)=O)c1. The fourth-order valence-corrected chi connectivity index (χ4v) is 4.42. The van der Waals surface area contributed by atoms with E-state index < -0.39 is 16.1 Å². The molecule has 2 rings (SSSR count). The van der Waals surface area contributed by atoms with E-state index in [0.29, 0.717) is 17.3 Å². The summed E-state index contributed by atoms with van der Waals surface area (Å²) < 4.78 is 26.1. The second-order valence-electron chi connectivity index (χ2n) is 6.90. The highest BCUT2D eigenvalue weighted by Crippen LogP contribution is 2.24. The van der Waals surface area contributed by atoms with Crippen molar-refractivity contribution in [2.45, 2.75) is 33.4 Å². The van der Waals surface area contributed by atoms with Gasteiger partial charge in [-0.15, -0.1) is 0 Å². The fourth-order valence-electron chi connectivity index (χ4n) is 3.14. The summed E-state index contributed by atoms with van der Waals surface area (Å²) in [5, 5.41) is 0.624. The second-order valence-corrected chi connectivity index (χ2v) is 9.20. The average Bonchev–Trinajstić information content (AvgIpc) is 2.54. The highest BCUT2D eigenvalue weighted by Gasteiger charge is 2.31. The van der Waals surface area contributed by atoms with Crippen molar-refractivity contribution in [1.82, 2.24) is 4.90 Å². The largest absolute Gasteiger partial charge is 0.340 e. The molecule has 0 aliphatic heterocycles. The summed E-state index contributed by atoms with van der Waals surface area (Å²) >= 11 is 5.89. The number of nitrogens with zero attached hydrogens (tertiary/aromatic N) is 2. The smallest absolute Gasteiger partial charge is 0.246 e. The first-order valence-corrected chi connectivity index (χ1v) is 10.8. The van der Waals surface area contributed by atoms with Crippen molar-refractivity contribution in [3.05, 3.63) is 64.2 Å². The van der Waals surface area contributed by atoms with Crippen molar-refractivity contribution in [3.8, 4) is 0 Å². The first kappa shape index (κ1) is 21.3. The predicted molar refractivity (Wildman–Crippen MR) is 111 cm³/mol. The summed E-state index contributed by atoms with van der Waals surface area (Å²) in [6, 6.07) is 11.9. The molecular weight excluding hydrogens is 384 g/mol. The Labute approximate surface area is 166 Å². The van der Waals surface area contributed by atoms with Gasteiger partial charge in [-0.2, -0.15) is 0 Å². The molecule has 0 fully saturated rings. The van der Waals surface area contributed by atoms with Crippen LogP contribution >= 0.6 is 11.6 Å². The van der Waals surface area contributed by atoms with E-state index in [9.17, 15) is 13.2 Å². The van der Waals surface area contributed by atoms with Crippen LogP contribution in [0.3, 0.4) is 0 Å². The lowest BCUT2D eigenvalue weighted by atomic mass is 10.1. The molecule has 0 aliphatic carbocycles. The number of carbonyl (C=O) groups is 1. The number of likely N-dealkylation sites (N-methyl/N-ethyl adjacent to an activating group) is 1. The average molecular weight is 409 g/mol. The quantitative estimate of drug-likeness (QED) is 0.731. The maximum absolute atomic E-state index is 12.9. The molecule has 0 bridgehead atoms. The van der Waals surface area contributed by atoms with E-state index >= 15 is 0 Å². The van der Waals surface area contributed by atoms with Gasteiger partial charge in [-0.3, -0.25) is 9.10 Å². The summed E-state index contributed by atoms with van der Waals surface area (Å²) in [5.74, 6) is -0.283. The minimum atomic E-state index is -3.64. The number of rotatable bonds is 6. The minimum absolute atomic E-state index is 0.283. The normalized spacial score (nSPS) is 12.5. The minimum Gasteiger partial charge on any atom is -0.340 e. The van der Waals surface area contributed by atoms with E-state index in [2.05, 4.69) is 0 Å². The van der Waals surface area contributed by atoms with Gasteiger partial charge in [0.15, 0.2) is 0 Å². The number of hydrogen-bond donors (Lipinski definition) is 0. The van der Waals surface area contributed by atoms with Crippen molar-refractivity contribution in [1.29, 1.82) is 0 Å². The molecule has 2 aromatic rings. The van der Waals surface area contributed by atoms with E-state index in [-0.39, 0.29) is 5.91 Å². The highest BCUT2D eigenvalue weighted by atomic mass is 35.5. The number of aryl methyl sites for hydroxylation is 2. The third-order valence-electron chi connectivity index (χ3n) is 4.24. The van der Waals surface area contributed by atoms with Crippen molar-refractivity contribution < 1.29 is 13.2 Å². The lowest BCUT2D eigenvalue weighted by molar-refractivity contribution is -0.131. The molecule has 7 heteroatoms. The van der Waals surface area contributed by atoms with Gasteiger partial charge in [0.25, 0.3) is 0 Å². The van der Waals surface area contributed by atoms with Gasteiger partial charge in [-0.25, -0.2) is 8.42 Å². The third-order valence-corrected chi connectivity index (χ3v) is 5.73. The van der Waals surface area contributed by atoms with Gasteiger partial charge in [0.1, 0.15) is 6.04 Å². The van der Waals surface area contributed by atoms with E-state index in [1.807, 2.05) is 32.0 Å². The summed E-state index contributed by atoms with van der Waals surface area (Å²) in [6.07, 6.45) is 1.12. The molecule has 0 spiro atoms. The summed E-state index contributed by atoms with van der Waals surface area (Å²) in [7, 11) is -1.98. The maximum atomic E-state index is 12.9. The number of benzene rings is 2. The van der Waals surface area contributed by atoms with Crippen molar-refractivity contribution in [2.24, 2.45) is 0 Å². The lowest BCUT2D eigenvalue weighted by Gasteiger charge is -2.31. The van der Waals surface area contributed by atoms with Crippen molar-refractivity contribution in [3.63, 3.8) is 0 Å². The fraction of sp³-hybridized carbons (Fsp3) is 0.350. The van der Waals surface area contributed by atoms with E-state index in [1.165, 1.54) is 9.21 Å². The molecule has 0 unspecified atom stereocenters. The van der Waals surface area contributed by atoms with Gasteiger partial charge in [0.2, 0.25) is 15.9 Å². The number of anilines is 1. The number of sulfonamides is 1. The Morgan fingerprint density at radius 3 is 2.07 bits per heavy atom. The molecule has 0 aromatic heterocycles. The first-order valence-electron chi connectivity index (χ1n) is 8.56. The number of amides is 1. The molecular formula is C20H25ClN2O3S. The van der Waals surface area contributed by atoms with Crippen LogP contribution in [0.5, 0.6) is 0 Å². The van der Waals surface area contributed by atoms with Crippen LogP contribution in [0.4, 0.5) is 5.69 Å². The molecule has 5 nitrogen and oxygen atoms in total. The summed E-state index contributed by atoms with van der Waals surface area (Å²) in [5.41, 5.74) is 3.29. The molecule has 0 heterocycles. The van der Waals surface area contributed by atoms with Crippen LogP contribution in [0, 0.1) is 13.8 Å². The Kier molecular flexibility index (Phi) is 6.54. The topological polar surface area (TPSA) is 57.7 Å². The zero-order chi connectivity index (χ0) is 20.4. The standard InChI is InChI=1S/C20H25ClN2O3S/c1-14-10-15(2)12-19(11-14)23(27(5,25)26)16(3)20(24)22(4)13-17-6-8-18(21)9-7-17/h6-12,16H,13H2,1-5H3/t16-/m0/s1. The van der Waals surface area contributed by atoms with Crippen molar-refractivity contribution in [2.75, 3.05) is 17.6 Å². The molecule has 27 heavy (non-hydrogen) atoms. The van der Waals surface area contributed by atoms with Gasteiger partial charge in [0.05, 0.1) is 11.9 Å². The second kappa shape index (κ2) is 8.31. The summed E-state index contributed by atoms with van der Waals surface area (Å²) in [6.45, 7) is 5.77. The van der Waals surface area contributed by atoms with Crippen LogP contribution in [0.2, 0.25) is 5.02 Å². The molecule has 1 amide bonds. The van der Waals surface area contributed by atoms with Crippen LogP contribution in [0.25, 0.3) is 0 Å². The monoisotopic (exact) mass is 408 g/mol. The lowest BCUT2D eigenvalue weighted by Crippen LogP contribution is -2.48. The molecule has 0 saturated carbocycles. The Bertz CT molecular complexity index is 906. The Balaban J connectivity index is 2.30. The molecule has 0 N–H and O–H groups in total. The van der Waals surface area contributed by atoms with Crippen LogP contribution in [0.15, 0.2) is 42.5 Å².